The highest BCUT2D eigenvalue weighted by Crippen LogP contribution is 2.33. The van der Waals surface area contributed by atoms with Gasteiger partial charge in [-0.1, -0.05) is 0 Å². The highest BCUT2D eigenvalue weighted by Gasteiger charge is 2.29. The lowest BCUT2D eigenvalue weighted by Gasteiger charge is -2.20. The van der Waals surface area contributed by atoms with E-state index in [1.165, 1.54) is 11.8 Å². The van der Waals surface area contributed by atoms with Crippen molar-refractivity contribution in [2.75, 3.05) is 38.3 Å². The van der Waals surface area contributed by atoms with E-state index in [4.69, 9.17) is 5.11 Å². The van der Waals surface area contributed by atoms with Crippen molar-refractivity contribution in [3.05, 3.63) is 0 Å². The Kier molecular flexibility index (Phi) is 8.33. The summed E-state index contributed by atoms with van der Waals surface area (Å²) in [5.74, 6) is -2.86. The molecule has 1 amide bonds. The first-order valence-electron chi connectivity index (χ1n) is 5.65. The van der Waals surface area contributed by atoms with Gasteiger partial charge >= 0.3 is 5.97 Å². The number of aliphatic carboxylic acids is 1. The average molecular weight is 312 g/mol. The van der Waals surface area contributed by atoms with Crippen LogP contribution in [0.2, 0.25) is 0 Å². The minimum absolute atomic E-state index is 0.159. The summed E-state index contributed by atoms with van der Waals surface area (Å²) in [6, 6.07) is 0. The molecule has 0 heterocycles. The van der Waals surface area contributed by atoms with Crippen molar-refractivity contribution in [3.8, 4) is 0 Å². The van der Waals surface area contributed by atoms with Crippen LogP contribution in [0.25, 0.3) is 0 Å². The van der Waals surface area contributed by atoms with Gasteiger partial charge in [-0.05, 0) is 31.8 Å². The zero-order chi connectivity index (χ0) is 15.1. The maximum atomic E-state index is 11.7. The van der Waals surface area contributed by atoms with Crippen LogP contribution in [-0.2, 0) is 14.2 Å². The summed E-state index contributed by atoms with van der Waals surface area (Å²) in [6.45, 7) is 2.90. The first-order chi connectivity index (χ1) is 8.69. The molecule has 0 aromatic heterocycles. The summed E-state index contributed by atoms with van der Waals surface area (Å²) in [5, 5.41) is 21.4. The third-order valence-electron chi connectivity index (χ3n) is 2.22. The van der Waals surface area contributed by atoms with Gasteiger partial charge < -0.3 is 9.67 Å². The Morgan fingerprint density at radius 1 is 1.42 bits per heavy atom. The fraction of sp³-hybridized carbons (Fsp3) is 0.800. The quantitative estimate of drug-likeness (QED) is 0.190. The predicted molar refractivity (Wildman–Crippen MR) is 75.1 cm³/mol. The van der Waals surface area contributed by atoms with Crippen LogP contribution in [0.1, 0.15) is 6.42 Å². The molecule has 0 radical (unpaired) electrons. The van der Waals surface area contributed by atoms with E-state index in [1.807, 2.05) is 6.26 Å². The number of hydroxylamine groups is 2. The molecule has 0 fully saturated rings. The highest BCUT2D eigenvalue weighted by atomic mass is 32.2. The molecule has 0 bridgehead atoms. The van der Waals surface area contributed by atoms with Gasteiger partial charge in [0.25, 0.3) is 5.91 Å². The molecule has 0 aliphatic heterocycles. The van der Waals surface area contributed by atoms with E-state index in [0.29, 0.717) is 10.8 Å². The van der Waals surface area contributed by atoms with Gasteiger partial charge in [-0.3, -0.25) is 20.1 Å². The van der Waals surface area contributed by atoms with Crippen LogP contribution in [0, 0.1) is 5.92 Å². The van der Waals surface area contributed by atoms with Gasteiger partial charge in [0.2, 0.25) is 0 Å². The molecule has 0 spiro atoms. The Labute approximate surface area is 117 Å². The maximum Gasteiger partial charge on any atom is 0.316 e. The Balaban J connectivity index is 4.34. The van der Waals surface area contributed by atoms with Crippen molar-refractivity contribution in [2.45, 2.75) is 6.42 Å². The third-order valence-corrected chi connectivity index (χ3v) is 3.84. The van der Waals surface area contributed by atoms with Crippen LogP contribution >= 0.6 is 18.9 Å². The summed E-state index contributed by atoms with van der Waals surface area (Å²) in [5.41, 5.74) is 0. The first-order valence-corrected chi connectivity index (χ1v) is 9.83. The lowest BCUT2D eigenvalue weighted by Crippen LogP contribution is -2.42. The molecule has 0 aliphatic rings. The number of carboxylic acid groups (broad SMARTS) is 1. The molecule has 7 nitrogen and oxygen atoms in total. The van der Waals surface area contributed by atoms with Crippen LogP contribution in [0.3, 0.4) is 0 Å². The molecule has 9 heteroatoms. The van der Waals surface area contributed by atoms with E-state index in [9.17, 15) is 19.4 Å². The third kappa shape index (κ3) is 8.26. The number of carboxylic acids is 1. The predicted octanol–water partition coefficient (Wildman–Crippen LogP) is 0.785. The molecule has 19 heavy (non-hydrogen) atoms. The van der Waals surface area contributed by atoms with Crippen LogP contribution in [0.15, 0.2) is 0 Å². The van der Waals surface area contributed by atoms with E-state index in [2.05, 4.69) is 5.32 Å². The molecule has 0 rings (SSSR count). The van der Waals surface area contributed by atoms with Gasteiger partial charge in [-0.15, -0.1) is 0 Å². The number of thioether (sulfide) groups is 1. The van der Waals surface area contributed by atoms with E-state index in [0.717, 1.165) is 0 Å². The molecule has 0 saturated heterocycles. The Morgan fingerprint density at radius 3 is 2.42 bits per heavy atom. The van der Waals surface area contributed by atoms with Crippen LogP contribution in [-0.4, -0.2) is 65.5 Å². The molecule has 0 saturated carbocycles. The second-order valence-electron chi connectivity index (χ2n) is 4.55. The zero-order valence-electron chi connectivity index (χ0n) is 11.3. The fourth-order valence-electron chi connectivity index (χ4n) is 1.27. The van der Waals surface area contributed by atoms with E-state index in [-0.39, 0.29) is 19.4 Å². The van der Waals surface area contributed by atoms with Crippen molar-refractivity contribution < 1.29 is 24.5 Å². The first kappa shape index (κ1) is 18.4. The minimum Gasteiger partial charge on any atom is -0.481 e. The SMILES string of the molecule is CSCCC(C(=O)O)C(=O)N(O)CNCP(C)(C)=O. The van der Waals surface area contributed by atoms with Gasteiger partial charge in [-0.2, -0.15) is 11.8 Å². The monoisotopic (exact) mass is 312 g/mol. The van der Waals surface area contributed by atoms with Crippen molar-refractivity contribution in [1.82, 2.24) is 10.4 Å². The standard InChI is InChI=1S/C10H21N2O5PS/c1-18(2,17)7-11-6-12(16)9(13)8(10(14)15)4-5-19-3/h8,11,16H,4-7H2,1-3H3,(H,14,15). The van der Waals surface area contributed by atoms with Gasteiger partial charge in [0.1, 0.15) is 5.92 Å². The number of nitrogens with one attached hydrogen (secondary N) is 1. The number of hydrogen-bond donors (Lipinski definition) is 3. The Bertz CT molecular complexity index is 360. The molecule has 0 aromatic rings. The van der Waals surface area contributed by atoms with Gasteiger partial charge in [0, 0.05) is 0 Å². The molecule has 1 unspecified atom stereocenters. The molecule has 1 atom stereocenters. The van der Waals surface area contributed by atoms with E-state index in [1.54, 1.807) is 13.3 Å². The normalized spacial score (nSPS) is 13.1. The van der Waals surface area contributed by atoms with Gasteiger partial charge in [-0.25, -0.2) is 5.06 Å². The summed E-state index contributed by atoms with van der Waals surface area (Å²) in [4.78, 5) is 22.7. The molecule has 0 aliphatic carbocycles. The molecular formula is C10H21N2O5PS. The molecular weight excluding hydrogens is 291 g/mol. The number of nitrogens with zero attached hydrogens (tertiary/aromatic N) is 1. The van der Waals surface area contributed by atoms with Gasteiger partial charge in [0.15, 0.2) is 0 Å². The van der Waals surface area contributed by atoms with Crippen LogP contribution in [0.5, 0.6) is 0 Å². The smallest absolute Gasteiger partial charge is 0.316 e. The van der Waals surface area contributed by atoms with Crippen molar-refractivity contribution in [3.63, 3.8) is 0 Å². The molecule has 0 aromatic carbocycles. The van der Waals surface area contributed by atoms with Crippen molar-refractivity contribution in [1.29, 1.82) is 0 Å². The van der Waals surface area contributed by atoms with Crippen LogP contribution in [0.4, 0.5) is 0 Å². The lowest BCUT2D eigenvalue weighted by molar-refractivity contribution is -0.176. The summed E-state index contributed by atoms with van der Waals surface area (Å²) < 4.78 is 11.4. The summed E-state index contributed by atoms with van der Waals surface area (Å²) in [6.07, 6.45) is 2.13. The average Bonchev–Trinajstić information content (AvgIpc) is 2.26. The summed E-state index contributed by atoms with van der Waals surface area (Å²) >= 11 is 1.43. The second-order valence-corrected chi connectivity index (χ2v) is 9.00. The molecule has 3 N–H and O–H groups in total. The topological polar surface area (TPSA) is 107 Å². The minimum atomic E-state index is -2.29. The lowest BCUT2D eigenvalue weighted by atomic mass is 10.1. The van der Waals surface area contributed by atoms with Crippen molar-refractivity contribution >= 4 is 30.8 Å². The fourth-order valence-corrected chi connectivity index (χ4v) is 2.38. The number of rotatable bonds is 9. The highest BCUT2D eigenvalue weighted by molar-refractivity contribution is 7.98. The summed E-state index contributed by atoms with van der Waals surface area (Å²) in [7, 11) is -2.29. The number of carbonyl (C=O) groups excluding carboxylic acids is 1. The number of carbonyl (C=O) groups is 2. The molecule has 112 valence electrons. The zero-order valence-corrected chi connectivity index (χ0v) is 13.0. The second kappa shape index (κ2) is 8.58. The number of hydrogen-bond acceptors (Lipinski definition) is 6. The number of amides is 1. The van der Waals surface area contributed by atoms with Crippen molar-refractivity contribution in [2.24, 2.45) is 5.92 Å². The maximum absolute atomic E-state index is 11.7. The van der Waals surface area contributed by atoms with Crippen LogP contribution < -0.4 is 5.32 Å². The van der Waals surface area contributed by atoms with Gasteiger partial charge in [0.05, 0.1) is 20.1 Å². The largest absolute Gasteiger partial charge is 0.481 e. The van der Waals surface area contributed by atoms with E-state index >= 15 is 0 Å². The van der Waals surface area contributed by atoms with E-state index < -0.39 is 24.9 Å². The Hall–Kier alpha value is -0.560. The Morgan fingerprint density at radius 2 is 2.00 bits per heavy atom.